The number of carboxylic acid groups (broad SMARTS) is 1. The number of halogens is 1. The minimum absolute atomic E-state index is 0.128. The number of anilines is 1. The van der Waals surface area contributed by atoms with Crippen molar-refractivity contribution in [2.45, 2.75) is 18.2 Å². The molecule has 0 fully saturated rings. The fraction of sp³-hybridized carbons (Fsp3) is 0.273. The molecule has 1 aromatic rings. The fourth-order valence-corrected chi connectivity index (χ4v) is 1.60. The lowest BCUT2D eigenvalue weighted by Gasteiger charge is -2.06. The van der Waals surface area contributed by atoms with Crippen molar-refractivity contribution in [1.29, 1.82) is 0 Å². The first-order valence-electron chi connectivity index (χ1n) is 4.72. The third kappa shape index (κ3) is 4.02. The number of carbonyl (C=O) groups is 2. The van der Waals surface area contributed by atoms with E-state index in [0.717, 1.165) is 5.56 Å². The van der Waals surface area contributed by atoms with Gasteiger partial charge < -0.3 is 10.4 Å². The minimum Gasteiger partial charge on any atom is -0.480 e. The summed E-state index contributed by atoms with van der Waals surface area (Å²) in [4.78, 5) is 20.8. The number of nitrogens with one attached hydrogen (secondary N) is 1. The summed E-state index contributed by atoms with van der Waals surface area (Å²) in [5.74, 6) is -1.01. The number of carboxylic acids is 1. The Labute approximate surface area is 102 Å². The lowest BCUT2D eigenvalue weighted by Crippen LogP contribution is -2.15. The number of hydrogen-bond acceptors (Lipinski definition) is 2. The van der Waals surface area contributed by atoms with Crippen molar-refractivity contribution in [3.63, 3.8) is 0 Å². The van der Waals surface area contributed by atoms with Crippen LogP contribution in [0.5, 0.6) is 0 Å². The number of carbonyl (C=O) groups excluding carboxylic acids is 1. The van der Waals surface area contributed by atoms with Gasteiger partial charge in [0.25, 0.3) is 0 Å². The molecule has 0 saturated heterocycles. The van der Waals surface area contributed by atoms with Gasteiger partial charge in [-0.15, -0.1) is 0 Å². The van der Waals surface area contributed by atoms with Crippen molar-refractivity contribution in [1.82, 2.24) is 0 Å². The molecule has 16 heavy (non-hydrogen) atoms. The average molecular weight is 286 g/mol. The van der Waals surface area contributed by atoms with Crippen LogP contribution in [0.2, 0.25) is 0 Å². The molecule has 86 valence electrons. The molecule has 1 rings (SSSR count). The molecule has 0 aromatic heterocycles. The largest absolute Gasteiger partial charge is 0.480 e. The quantitative estimate of drug-likeness (QED) is 0.832. The first kappa shape index (κ1) is 12.7. The fourth-order valence-electron chi connectivity index (χ4n) is 1.22. The Morgan fingerprint density at radius 2 is 1.94 bits per heavy atom. The lowest BCUT2D eigenvalue weighted by molar-refractivity contribution is -0.136. The van der Waals surface area contributed by atoms with Crippen LogP contribution in [-0.4, -0.2) is 21.8 Å². The van der Waals surface area contributed by atoms with E-state index in [4.69, 9.17) is 5.11 Å². The van der Waals surface area contributed by atoms with Gasteiger partial charge in [0.15, 0.2) is 0 Å². The van der Waals surface area contributed by atoms with Crippen molar-refractivity contribution < 1.29 is 14.7 Å². The van der Waals surface area contributed by atoms with E-state index >= 15 is 0 Å². The smallest absolute Gasteiger partial charge is 0.317 e. The summed E-state index contributed by atoms with van der Waals surface area (Å²) in [7, 11) is 0. The van der Waals surface area contributed by atoms with E-state index < -0.39 is 10.8 Å². The van der Waals surface area contributed by atoms with Crippen LogP contribution in [0.3, 0.4) is 0 Å². The van der Waals surface area contributed by atoms with E-state index in [1.54, 1.807) is 24.3 Å². The van der Waals surface area contributed by atoms with Crippen molar-refractivity contribution in [3.8, 4) is 0 Å². The van der Waals surface area contributed by atoms with Gasteiger partial charge in [-0.25, -0.2) is 0 Å². The van der Waals surface area contributed by atoms with E-state index in [0.29, 0.717) is 12.1 Å². The lowest BCUT2D eigenvalue weighted by atomic mass is 10.1. The molecule has 0 radical (unpaired) electrons. The first-order valence-corrected chi connectivity index (χ1v) is 5.64. The molecule has 0 aliphatic rings. The number of benzene rings is 1. The summed E-state index contributed by atoms with van der Waals surface area (Å²) in [6.45, 7) is 1.44. The van der Waals surface area contributed by atoms with E-state index in [-0.39, 0.29) is 5.91 Å². The van der Waals surface area contributed by atoms with Crippen LogP contribution in [0.25, 0.3) is 0 Å². The number of alkyl halides is 1. The molecule has 5 heteroatoms. The maximum atomic E-state index is 10.8. The predicted molar refractivity (Wildman–Crippen MR) is 64.8 cm³/mol. The average Bonchev–Trinajstić information content (AvgIpc) is 2.20. The Kier molecular flexibility index (Phi) is 4.49. The molecule has 0 aliphatic heterocycles. The zero-order valence-corrected chi connectivity index (χ0v) is 10.3. The standard InChI is InChI=1S/C11H12BrNO3/c1-7(14)13-9-4-2-8(3-5-9)6-10(12)11(15)16/h2-5,10H,6H2,1H3,(H,13,14)(H,15,16). The van der Waals surface area contributed by atoms with Crippen LogP contribution in [-0.2, 0) is 16.0 Å². The number of rotatable bonds is 4. The Morgan fingerprint density at radius 3 is 2.38 bits per heavy atom. The van der Waals surface area contributed by atoms with Crippen LogP contribution in [0.15, 0.2) is 24.3 Å². The second-order valence-corrected chi connectivity index (χ2v) is 4.49. The van der Waals surface area contributed by atoms with Crippen molar-refractivity contribution in [2.24, 2.45) is 0 Å². The molecule has 0 heterocycles. The summed E-state index contributed by atoms with van der Waals surface area (Å²) in [6, 6.07) is 7.08. The zero-order chi connectivity index (χ0) is 12.1. The molecule has 0 spiro atoms. The van der Waals surface area contributed by atoms with E-state index in [1.165, 1.54) is 6.92 Å². The third-order valence-corrected chi connectivity index (χ3v) is 2.67. The SMILES string of the molecule is CC(=O)Nc1ccc(CC(Br)C(=O)O)cc1. The summed E-state index contributed by atoms with van der Waals surface area (Å²) >= 11 is 3.07. The molecule has 2 N–H and O–H groups in total. The van der Waals surface area contributed by atoms with Gasteiger partial charge in [-0.3, -0.25) is 9.59 Å². The summed E-state index contributed by atoms with van der Waals surface area (Å²) in [5.41, 5.74) is 1.61. The highest BCUT2D eigenvalue weighted by Crippen LogP contribution is 2.14. The summed E-state index contributed by atoms with van der Waals surface area (Å²) < 4.78 is 0. The molecule has 1 aromatic carbocycles. The molecule has 0 aliphatic carbocycles. The van der Waals surface area contributed by atoms with Crippen LogP contribution < -0.4 is 5.32 Å². The van der Waals surface area contributed by atoms with E-state index in [2.05, 4.69) is 21.2 Å². The molecule has 1 atom stereocenters. The zero-order valence-electron chi connectivity index (χ0n) is 8.74. The summed E-state index contributed by atoms with van der Waals surface area (Å²) in [6.07, 6.45) is 0.412. The third-order valence-electron chi connectivity index (χ3n) is 1.96. The van der Waals surface area contributed by atoms with Crippen molar-refractivity contribution in [3.05, 3.63) is 29.8 Å². The second kappa shape index (κ2) is 5.65. The summed E-state index contributed by atoms with van der Waals surface area (Å²) in [5, 5.41) is 11.4. The van der Waals surface area contributed by atoms with Crippen LogP contribution >= 0.6 is 15.9 Å². The first-order chi connectivity index (χ1) is 7.49. The van der Waals surface area contributed by atoms with Gasteiger partial charge >= 0.3 is 5.97 Å². The number of amides is 1. The van der Waals surface area contributed by atoms with Crippen molar-refractivity contribution >= 4 is 33.5 Å². The van der Waals surface area contributed by atoms with Crippen LogP contribution in [0, 0.1) is 0 Å². The Balaban J connectivity index is 2.64. The topological polar surface area (TPSA) is 66.4 Å². The van der Waals surface area contributed by atoms with Gasteiger partial charge in [-0.2, -0.15) is 0 Å². The Bertz CT molecular complexity index is 389. The van der Waals surface area contributed by atoms with Gasteiger partial charge in [0.2, 0.25) is 5.91 Å². The van der Waals surface area contributed by atoms with Gasteiger partial charge in [-0.05, 0) is 24.1 Å². The van der Waals surface area contributed by atoms with E-state index in [1.807, 2.05) is 0 Å². The normalized spacial score (nSPS) is 11.9. The van der Waals surface area contributed by atoms with Crippen LogP contribution in [0.4, 0.5) is 5.69 Å². The minimum atomic E-state index is -0.883. The second-order valence-electron chi connectivity index (χ2n) is 3.39. The molecule has 1 unspecified atom stereocenters. The monoisotopic (exact) mass is 285 g/mol. The molecule has 0 saturated carbocycles. The molecular weight excluding hydrogens is 274 g/mol. The highest BCUT2D eigenvalue weighted by molar-refractivity contribution is 9.10. The van der Waals surface area contributed by atoms with E-state index in [9.17, 15) is 9.59 Å². The molecule has 4 nitrogen and oxygen atoms in total. The maximum Gasteiger partial charge on any atom is 0.317 e. The van der Waals surface area contributed by atoms with Crippen LogP contribution in [0.1, 0.15) is 12.5 Å². The highest BCUT2D eigenvalue weighted by Gasteiger charge is 2.13. The number of hydrogen-bond donors (Lipinski definition) is 2. The predicted octanol–water partition coefficient (Wildman–Crippen LogP) is 2.04. The Morgan fingerprint density at radius 1 is 1.38 bits per heavy atom. The van der Waals surface area contributed by atoms with Gasteiger partial charge in [0.1, 0.15) is 4.83 Å². The Hall–Kier alpha value is -1.36. The highest BCUT2D eigenvalue weighted by atomic mass is 79.9. The molecule has 0 bridgehead atoms. The van der Waals surface area contributed by atoms with Gasteiger partial charge in [0, 0.05) is 12.6 Å². The molecule has 1 amide bonds. The van der Waals surface area contributed by atoms with Gasteiger partial charge in [-0.1, -0.05) is 28.1 Å². The number of aliphatic carboxylic acids is 1. The molecular formula is C11H12BrNO3. The maximum absolute atomic E-state index is 10.8. The van der Waals surface area contributed by atoms with Crippen molar-refractivity contribution in [2.75, 3.05) is 5.32 Å². The van der Waals surface area contributed by atoms with Gasteiger partial charge in [0.05, 0.1) is 0 Å².